The predicted molar refractivity (Wildman–Crippen MR) is 74.9 cm³/mol. The van der Waals surface area contributed by atoms with Gasteiger partial charge in [-0.3, -0.25) is 4.68 Å². The van der Waals surface area contributed by atoms with Crippen LogP contribution in [-0.2, 0) is 24.6 Å². The molecule has 0 aliphatic carbocycles. The van der Waals surface area contributed by atoms with Gasteiger partial charge in [-0.15, -0.1) is 0 Å². The van der Waals surface area contributed by atoms with Crippen LogP contribution in [0.1, 0.15) is 38.1 Å². The predicted octanol–water partition coefficient (Wildman–Crippen LogP) is 1.93. The van der Waals surface area contributed by atoms with Crippen LogP contribution in [0.5, 0.6) is 0 Å². The molecule has 1 atom stereocenters. The summed E-state index contributed by atoms with van der Waals surface area (Å²) in [5, 5.41) is 7.88. The van der Waals surface area contributed by atoms with Gasteiger partial charge in [0.2, 0.25) is 0 Å². The minimum absolute atomic E-state index is 0.505. The van der Waals surface area contributed by atoms with E-state index in [2.05, 4.69) is 23.4 Å². The molecule has 0 saturated heterocycles. The zero-order valence-corrected chi connectivity index (χ0v) is 12.2. The number of nitrogens with zero attached hydrogens (tertiary/aromatic N) is 2. The first-order valence-corrected chi connectivity index (χ1v) is 6.98. The molecule has 0 bridgehead atoms. The van der Waals surface area contributed by atoms with Crippen LogP contribution in [0.15, 0.2) is 6.07 Å². The van der Waals surface area contributed by atoms with Gasteiger partial charge < -0.3 is 10.1 Å². The van der Waals surface area contributed by atoms with Crippen molar-refractivity contribution in [2.45, 2.75) is 45.6 Å². The molecule has 0 spiro atoms. The van der Waals surface area contributed by atoms with Crippen molar-refractivity contribution in [3.05, 3.63) is 17.5 Å². The van der Waals surface area contributed by atoms with E-state index in [1.165, 1.54) is 11.4 Å². The van der Waals surface area contributed by atoms with Crippen molar-refractivity contribution in [3.63, 3.8) is 0 Å². The van der Waals surface area contributed by atoms with Crippen molar-refractivity contribution >= 4 is 0 Å². The highest BCUT2D eigenvalue weighted by Crippen LogP contribution is 2.10. The molecular formula is C14H27N3O. The molecule has 4 nitrogen and oxygen atoms in total. The molecule has 0 fully saturated rings. The Morgan fingerprint density at radius 3 is 2.78 bits per heavy atom. The van der Waals surface area contributed by atoms with Gasteiger partial charge in [0.05, 0.1) is 5.69 Å². The van der Waals surface area contributed by atoms with Crippen LogP contribution >= 0.6 is 0 Å². The Bertz CT molecular complexity index is 336. The number of likely N-dealkylation sites (N-methyl/N-ethyl adjacent to an activating group) is 1. The topological polar surface area (TPSA) is 39.1 Å². The van der Waals surface area contributed by atoms with Gasteiger partial charge in [-0.2, -0.15) is 5.10 Å². The highest BCUT2D eigenvalue weighted by Gasteiger charge is 2.11. The zero-order chi connectivity index (χ0) is 13.4. The molecule has 1 heterocycles. The second-order valence-electron chi connectivity index (χ2n) is 4.63. The Hall–Kier alpha value is -0.870. The van der Waals surface area contributed by atoms with Gasteiger partial charge in [-0.25, -0.2) is 0 Å². The van der Waals surface area contributed by atoms with Crippen LogP contribution in [-0.4, -0.2) is 36.1 Å². The van der Waals surface area contributed by atoms with E-state index in [4.69, 9.17) is 4.74 Å². The van der Waals surface area contributed by atoms with Gasteiger partial charge in [-0.1, -0.05) is 6.92 Å². The lowest BCUT2D eigenvalue weighted by Crippen LogP contribution is -2.28. The van der Waals surface area contributed by atoms with Crippen LogP contribution in [0.3, 0.4) is 0 Å². The van der Waals surface area contributed by atoms with Gasteiger partial charge in [0.25, 0.3) is 0 Å². The quantitative estimate of drug-likeness (QED) is 0.684. The second kappa shape index (κ2) is 8.27. The van der Waals surface area contributed by atoms with Gasteiger partial charge in [0.15, 0.2) is 0 Å². The molecule has 104 valence electrons. The third kappa shape index (κ3) is 4.78. The molecule has 18 heavy (non-hydrogen) atoms. The summed E-state index contributed by atoms with van der Waals surface area (Å²) in [6.07, 6.45) is 4.29. The van der Waals surface area contributed by atoms with Crippen LogP contribution in [0, 0.1) is 0 Å². The molecule has 0 aliphatic heterocycles. The molecule has 0 saturated carbocycles. The van der Waals surface area contributed by atoms with E-state index in [9.17, 15) is 0 Å². The molecule has 4 heteroatoms. The Labute approximate surface area is 111 Å². The first-order chi connectivity index (χ1) is 8.71. The molecule has 0 aromatic carbocycles. The number of hydrogen-bond donors (Lipinski definition) is 1. The van der Waals surface area contributed by atoms with Crippen LogP contribution < -0.4 is 5.32 Å². The molecular weight excluding hydrogens is 226 g/mol. The number of rotatable bonds is 9. The van der Waals surface area contributed by atoms with E-state index in [0.29, 0.717) is 6.04 Å². The first-order valence-electron chi connectivity index (χ1n) is 6.98. The summed E-state index contributed by atoms with van der Waals surface area (Å²) in [5.41, 5.74) is 2.49. The normalized spacial score (nSPS) is 12.9. The van der Waals surface area contributed by atoms with Crippen LogP contribution in [0.2, 0.25) is 0 Å². The SMILES string of the molecule is CCOCCCC(Cc1cc(CC)nn1C)NC. The van der Waals surface area contributed by atoms with E-state index in [1.54, 1.807) is 0 Å². The summed E-state index contributed by atoms with van der Waals surface area (Å²) < 4.78 is 7.38. The first kappa shape index (κ1) is 15.2. The minimum atomic E-state index is 0.505. The van der Waals surface area contributed by atoms with E-state index in [0.717, 1.165) is 38.9 Å². The number of aryl methyl sites for hydroxylation is 2. The fourth-order valence-corrected chi connectivity index (χ4v) is 2.11. The Morgan fingerprint density at radius 2 is 2.22 bits per heavy atom. The lowest BCUT2D eigenvalue weighted by Gasteiger charge is -2.16. The van der Waals surface area contributed by atoms with Crippen molar-refractivity contribution in [2.24, 2.45) is 7.05 Å². The largest absolute Gasteiger partial charge is 0.382 e. The van der Waals surface area contributed by atoms with E-state index in [1.807, 2.05) is 25.7 Å². The van der Waals surface area contributed by atoms with Gasteiger partial charge in [0, 0.05) is 38.4 Å². The fraction of sp³-hybridized carbons (Fsp3) is 0.786. The van der Waals surface area contributed by atoms with Crippen molar-refractivity contribution in [3.8, 4) is 0 Å². The molecule has 1 N–H and O–H groups in total. The van der Waals surface area contributed by atoms with E-state index in [-0.39, 0.29) is 0 Å². The standard InChI is InChI=1S/C14H27N3O/c1-5-12-10-14(17(4)16-12)11-13(15-3)8-7-9-18-6-2/h10,13,15H,5-9,11H2,1-4H3. The zero-order valence-electron chi connectivity index (χ0n) is 12.2. The third-order valence-electron chi connectivity index (χ3n) is 3.30. The molecule has 1 unspecified atom stereocenters. The molecule has 0 radical (unpaired) electrons. The highest BCUT2D eigenvalue weighted by molar-refractivity contribution is 5.11. The molecule has 1 aromatic heterocycles. The fourth-order valence-electron chi connectivity index (χ4n) is 2.11. The van der Waals surface area contributed by atoms with Gasteiger partial charge >= 0.3 is 0 Å². The summed E-state index contributed by atoms with van der Waals surface area (Å²) >= 11 is 0. The highest BCUT2D eigenvalue weighted by atomic mass is 16.5. The Kier molecular flexibility index (Phi) is 6.98. The molecule has 0 aliphatic rings. The number of nitrogens with one attached hydrogen (secondary N) is 1. The van der Waals surface area contributed by atoms with E-state index < -0.39 is 0 Å². The van der Waals surface area contributed by atoms with Crippen LogP contribution in [0.4, 0.5) is 0 Å². The Balaban J connectivity index is 2.43. The maximum Gasteiger partial charge on any atom is 0.0624 e. The second-order valence-corrected chi connectivity index (χ2v) is 4.63. The average molecular weight is 253 g/mol. The summed E-state index contributed by atoms with van der Waals surface area (Å²) in [6, 6.07) is 2.72. The average Bonchev–Trinajstić information content (AvgIpc) is 2.74. The van der Waals surface area contributed by atoms with E-state index >= 15 is 0 Å². The lowest BCUT2D eigenvalue weighted by molar-refractivity contribution is 0.141. The monoisotopic (exact) mass is 253 g/mol. The molecule has 0 amide bonds. The summed E-state index contributed by atoms with van der Waals surface area (Å²) in [7, 11) is 4.06. The third-order valence-corrected chi connectivity index (χ3v) is 3.30. The van der Waals surface area contributed by atoms with Crippen molar-refractivity contribution in [1.29, 1.82) is 0 Å². The Morgan fingerprint density at radius 1 is 1.44 bits per heavy atom. The maximum absolute atomic E-state index is 5.38. The summed E-state index contributed by atoms with van der Waals surface area (Å²) in [6.45, 7) is 5.85. The number of aromatic nitrogens is 2. The lowest BCUT2D eigenvalue weighted by atomic mass is 10.1. The molecule has 1 aromatic rings. The summed E-state index contributed by atoms with van der Waals surface area (Å²) in [5.74, 6) is 0. The smallest absolute Gasteiger partial charge is 0.0624 e. The maximum atomic E-state index is 5.38. The summed E-state index contributed by atoms with van der Waals surface area (Å²) in [4.78, 5) is 0. The van der Waals surface area contributed by atoms with Crippen molar-refractivity contribution in [1.82, 2.24) is 15.1 Å². The number of ether oxygens (including phenoxy) is 1. The van der Waals surface area contributed by atoms with Crippen molar-refractivity contribution < 1.29 is 4.74 Å². The van der Waals surface area contributed by atoms with Crippen molar-refractivity contribution in [2.75, 3.05) is 20.3 Å². The van der Waals surface area contributed by atoms with Crippen LogP contribution in [0.25, 0.3) is 0 Å². The molecule has 1 rings (SSSR count). The van der Waals surface area contributed by atoms with Gasteiger partial charge in [-0.05, 0) is 39.3 Å². The van der Waals surface area contributed by atoms with Gasteiger partial charge in [0.1, 0.15) is 0 Å². The number of hydrogen-bond acceptors (Lipinski definition) is 3. The minimum Gasteiger partial charge on any atom is -0.382 e.